The molecule has 1 aliphatic heterocycles. The lowest BCUT2D eigenvalue weighted by molar-refractivity contribution is 0.0600. The van der Waals surface area contributed by atoms with Crippen LogP contribution in [0.15, 0.2) is 36.4 Å². The maximum absolute atomic E-state index is 13.1. The SMILES string of the molecule is COC(=O)c1cccc(C(=O)N2CCCc3c(Cl)ccc(OC)c32)c1. The summed E-state index contributed by atoms with van der Waals surface area (Å²) >= 11 is 6.32. The second kappa shape index (κ2) is 7.15. The molecule has 0 unspecified atom stereocenters. The molecule has 6 heteroatoms. The predicted molar refractivity (Wildman–Crippen MR) is 95.8 cm³/mol. The zero-order chi connectivity index (χ0) is 18.0. The summed E-state index contributed by atoms with van der Waals surface area (Å²) in [5.74, 6) is -0.0711. The van der Waals surface area contributed by atoms with Gasteiger partial charge in [-0.25, -0.2) is 4.79 Å². The normalized spacial score (nSPS) is 13.2. The van der Waals surface area contributed by atoms with E-state index in [9.17, 15) is 9.59 Å². The lowest BCUT2D eigenvalue weighted by Gasteiger charge is -2.31. The topological polar surface area (TPSA) is 55.8 Å². The Morgan fingerprint density at radius 1 is 1.12 bits per heavy atom. The zero-order valence-electron chi connectivity index (χ0n) is 14.0. The highest BCUT2D eigenvalue weighted by Gasteiger charge is 2.28. The van der Waals surface area contributed by atoms with Crippen molar-refractivity contribution in [2.45, 2.75) is 12.8 Å². The molecule has 0 radical (unpaired) electrons. The maximum Gasteiger partial charge on any atom is 0.337 e. The Labute approximate surface area is 151 Å². The summed E-state index contributed by atoms with van der Waals surface area (Å²) in [5.41, 5.74) is 2.36. The quantitative estimate of drug-likeness (QED) is 0.783. The van der Waals surface area contributed by atoms with Gasteiger partial charge in [-0.15, -0.1) is 0 Å². The van der Waals surface area contributed by atoms with Crippen molar-refractivity contribution in [1.29, 1.82) is 0 Å². The van der Waals surface area contributed by atoms with Crippen LogP contribution in [0.4, 0.5) is 5.69 Å². The third kappa shape index (κ3) is 3.20. The van der Waals surface area contributed by atoms with Crippen molar-refractivity contribution in [2.75, 3.05) is 25.7 Å². The average molecular weight is 360 g/mol. The van der Waals surface area contributed by atoms with Crippen LogP contribution in [0.1, 0.15) is 32.7 Å². The Hall–Kier alpha value is -2.53. The van der Waals surface area contributed by atoms with E-state index in [0.29, 0.717) is 34.1 Å². The van der Waals surface area contributed by atoms with Crippen molar-refractivity contribution in [3.8, 4) is 5.75 Å². The molecular weight excluding hydrogens is 342 g/mol. The van der Waals surface area contributed by atoms with Crippen LogP contribution in [0.2, 0.25) is 5.02 Å². The molecule has 1 aliphatic rings. The fraction of sp³-hybridized carbons (Fsp3) is 0.263. The number of benzene rings is 2. The zero-order valence-corrected chi connectivity index (χ0v) is 14.8. The third-order valence-corrected chi connectivity index (χ3v) is 4.62. The first-order chi connectivity index (χ1) is 12.1. The number of halogens is 1. The molecule has 0 spiro atoms. The Bertz CT molecular complexity index is 834. The molecular formula is C19H18ClNO4. The predicted octanol–water partition coefficient (Wildman–Crippen LogP) is 3.73. The standard InChI is InChI=1S/C19H18ClNO4/c1-24-16-9-8-15(20)14-7-4-10-21(17(14)16)18(22)12-5-3-6-13(11-12)19(23)25-2/h3,5-6,8-9,11H,4,7,10H2,1-2H3. The molecule has 0 atom stereocenters. The van der Waals surface area contributed by atoms with Gasteiger partial charge in [-0.2, -0.15) is 0 Å². The van der Waals surface area contributed by atoms with E-state index in [1.807, 2.05) is 0 Å². The number of anilines is 1. The van der Waals surface area contributed by atoms with Crippen LogP contribution in [-0.2, 0) is 11.2 Å². The lowest BCUT2D eigenvalue weighted by Crippen LogP contribution is -2.36. The first kappa shape index (κ1) is 17.3. The monoisotopic (exact) mass is 359 g/mol. The molecule has 1 amide bonds. The van der Waals surface area contributed by atoms with Gasteiger partial charge in [-0.05, 0) is 48.7 Å². The van der Waals surface area contributed by atoms with E-state index in [0.717, 1.165) is 18.4 Å². The summed E-state index contributed by atoms with van der Waals surface area (Å²) < 4.78 is 10.2. The summed E-state index contributed by atoms with van der Waals surface area (Å²) in [7, 11) is 2.88. The average Bonchev–Trinajstić information content (AvgIpc) is 2.67. The van der Waals surface area contributed by atoms with Crippen molar-refractivity contribution in [3.63, 3.8) is 0 Å². The molecule has 130 valence electrons. The minimum atomic E-state index is -0.477. The van der Waals surface area contributed by atoms with Crippen molar-refractivity contribution < 1.29 is 19.1 Å². The number of nitrogens with zero attached hydrogens (tertiary/aromatic N) is 1. The molecule has 5 nitrogen and oxygen atoms in total. The van der Waals surface area contributed by atoms with Crippen LogP contribution in [0.3, 0.4) is 0 Å². The van der Waals surface area contributed by atoms with Crippen molar-refractivity contribution >= 4 is 29.2 Å². The van der Waals surface area contributed by atoms with E-state index in [1.165, 1.54) is 7.11 Å². The van der Waals surface area contributed by atoms with Gasteiger partial charge in [0.15, 0.2) is 0 Å². The van der Waals surface area contributed by atoms with Crippen molar-refractivity contribution in [3.05, 3.63) is 58.1 Å². The number of ether oxygens (including phenoxy) is 2. The van der Waals surface area contributed by atoms with E-state index in [-0.39, 0.29) is 5.91 Å². The Balaban J connectivity index is 2.03. The molecule has 1 heterocycles. The van der Waals surface area contributed by atoms with E-state index < -0.39 is 5.97 Å². The van der Waals surface area contributed by atoms with Crippen molar-refractivity contribution in [1.82, 2.24) is 0 Å². The summed E-state index contributed by atoms with van der Waals surface area (Å²) in [6.45, 7) is 0.561. The number of hydrogen-bond acceptors (Lipinski definition) is 4. The van der Waals surface area contributed by atoms with E-state index in [1.54, 1.807) is 48.4 Å². The number of hydrogen-bond donors (Lipinski definition) is 0. The van der Waals surface area contributed by atoms with Gasteiger partial charge in [0, 0.05) is 17.1 Å². The van der Waals surface area contributed by atoms with Crippen molar-refractivity contribution in [2.24, 2.45) is 0 Å². The Morgan fingerprint density at radius 2 is 1.88 bits per heavy atom. The minimum absolute atomic E-state index is 0.202. The smallest absolute Gasteiger partial charge is 0.337 e. The second-order valence-corrected chi connectivity index (χ2v) is 6.12. The number of fused-ring (bicyclic) bond motifs is 1. The molecule has 0 aromatic heterocycles. The molecule has 0 fully saturated rings. The minimum Gasteiger partial charge on any atom is -0.495 e. The first-order valence-electron chi connectivity index (χ1n) is 7.92. The van der Waals surface area contributed by atoms with Crippen LogP contribution < -0.4 is 9.64 Å². The van der Waals surface area contributed by atoms with Gasteiger partial charge in [0.25, 0.3) is 5.91 Å². The van der Waals surface area contributed by atoms with Gasteiger partial charge in [-0.1, -0.05) is 17.7 Å². The van der Waals surface area contributed by atoms with E-state index in [4.69, 9.17) is 21.1 Å². The van der Waals surface area contributed by atoms with Crippen LogP contribution in [0.5, 0.6) is 5.75 Å². The summed E-state index contributed by atoms with van der Waals surface area (Å²) in [5, 5.41) is 0.622. The second-order valence-electron chi connectivity index (χ2n) is 5.71. The first-order valence-corrected chi connectivity index (χ1v) is 8.30. The molecule has 2 aromatic rings. The number of rotatable bonds is 3. The highest BCUT2D eigenvalue weighted by molar-refractivity contribution is 6.32. The van der Waals surface area contributed by atoms with Gasteiger partial charge < -0.3 is 14.4 Å². The number of amides is 1. The number of carbonyl (C=O) groups is 2. The fourth-order valence-corrected chi connectivity index (χ4v) is 3.32. The molecule has 0 aliphatic carbocycles. The maximum atomic E-state index is 13.1. The van der Waals surface area contributed by atoms with Gasteiger partial charge in [0.05, 0.1) is 25.5 Å². The molecule has 0 saturated carbocycles. The third-order valence-electron chi connectivity index (χ3n) is 4.26. The molecule has 2 aromatic carbocycles. The fourth-order valence-electron chi connectivity index (χ4n) is 3.07. The van der Waals surface area contributed by atoms with Gasteiger partial charge in [0.2, 0.25) is 0 Å². The van der Waals surface area contributed by atoms with Crippen LogP contribution in [0, 0.1) is 0 Å². The summed E-state index contributed by atoms with van der Waals surface area (Å²) in [6, 6.07) is 10.0. The van der Waals surface area contributed by atoms with E-state index in [2.05, 4.69) is 0 Å². The van der Waals surface area contributed by atoms with Gasteiger partial charge >= 0.3 is 5.97 Å². The molecule has 25 heavy (non-hydrogen) atoms. The van der Waals surface area contributed by atoms with Crippen LogP contribution in [0.25, 0.3) is 0 Å². The van der Waals surface area contributed by atoms with Gasteiger partial charge in [0.1, 0.15) is 5.75 Å². The number of methoxy groups -OCH3 is 2. The number of esters is 1. The van der Waals surface area contributed by atoms with Crippen LogP contribution in [-0.4, -0.2) is 32.6 Å². The van der Waals surface area contributed by atoms with E-state index >= 15 is 0 Å². The number of carbonyl (C=O) groups excluding carboxylic acids is 2. The summed E-state index contributed by atoms with van der Waals surface area (Å²) in [4.78, 5) is 26.5. The highest BCUT2D eigenvalue weighted by atomic mass is 35.5. The molecule has 0 bridgehead atoms. The summed E-state index contributed by atoms with van der Waals surface area (Å²) in [6.07, 6.45) is 1.60. The lowest BCUT2D eigenvalue weighted by atomic mass is 9.99. The molecule has 3 rings (SSSR count). The Kier molecular flexibility index (Phi) is 4.95. The Morgan fingerprint density at radius 3 is 2.60 bits per heavy atom. The molecule has 0 N–H and O–H groups in total. The van der Waals surface area contributed by atoms with Gasteiger partial charge in [-0.3, -0.25) is 4.79 Å². The van der Waals surface area contributed by atoms with Crippen LogP contribution >= 0.6 is 11.6 Å². The molecule has 0 saturated heterocycles. The highest BCUT2D eigenvalue weighted by Crippen LogP contribution is 2.40. The largest absolute Gasteiger partial charge is 0.495 e.